The second kappa shape index (κ2) is 10.3. The first kappa shape index (κ1) is 25.5. The first-order valence-electron chi connectivity index (χ1n) is 12.4. The number of rotatable bonds is 7. The van der Waals surface area contributed by atoms with E-state index >= 15 is 0 Å². The van der Waals surface area contributed by atoms with Crippen LogP contribution in [0, 0.1) is 13.8 Å². The van der Waals surface area contributed by atoms with Gasteiger partial charge >= 0.3 is 5.91 Å². The summed E-state index contributed by atoms with van der Waals surface area (Å²) in [5, 5.41) is 11.9. The molecule has 1 aliphatic rings. The van der Waals surface area contributed by atoms with E-state index in [1.807, 2.05) is 63.2 Å². The van der Waals surface area contributed by atoms with E-state index in [2.05, 4.69) is 0 Å². The van der Waals surface area contributed by atoms with Crippen LogP contribution in [0.5, 0.6) is 11.5 Å². The predicted molar refractivity (Wildman–Crippen MR) is 149 cm³/mol. The van der Waals surface area contributed by atoms with E-state index in [0.29, 0.717) is 34.4 Å². The molecular weight excluding hydrogens is 500 g/mol. The summed E-state index contributed by atoms with van der Waals surface area (Å²) in [4.78, 5) is 33.2. The van der Waals surface area contributed by atoms with E-state index < -0.39 is 17.7 Å². The number of aliphatic hydroxyl groups excluding tert-OH is 1. The second-order valence-electron chi connectivity index (χ2n) is 9.24. The summed E-state index contributed by atoms with van der Waals surface area (Å²) in [6, 6.07) is 17.4. The number of benzene rings is 3. The molecule has 3 aromatic carbocycles. The lowest BCUT2D eigenvalue weighted by atomic mass is 9.94. The van der Waals surface area contributed by atoms with Crippen molar-refractivity contribution in [3.63, 3.8) is 0 Å². The molecule has 1 amide bonds. The average Bonchev–Trinajstić information content (AvgIpc) is 3.44. The van der Waals surface area contributed by atoms with Gasteiger partial charge < -0.3 is 14.6 Å². The van der Waals surface area contributed by atoms with E-state index in [1.165, 1.54) is 16.2 Å². The molecule has 1 atom stereocenters. The minimum absolute atomic E-state index is 0.00245. The molecule has 194 valence electrons. The van der Waals surface area contributed by atoms with E-state index in [0.717, 1.165) is 27.8 Å². The van der Waals surface area contributed by atoms with Crippen molar-refractivity contribution in [2.75, 3.05) is 18.6 Å². The van der Waals surface area contributed by atoms with Crippen molar-refractivity contribution < 1.29 is 24.2 Å². The Morgan fingerprint density at radius 1 is 1.08 bits per heavy atom. The molecule has 7 nitrogen and oxygen atoms in total. The summed E-state index contributed by atoms with van der Waals surface area (Å²) in [5.41, 5.74) is 3.66. The monoisotopic (exact) mass is 528 g/mol. The number of anilines is 1. The van der Waals surface area contributed by atoms with Crippen LogP contribution < -0.4 is 14.4 Å². The molecule has 8 heteroatoms. The number of methoxy groups -OCH3 is 1. The highest BCUT2D eigenvalue weighted by Crippen LogP contribution is 2.45. The summed E-state index contributed by atoms with van der Waals surface area (Å²) in [5.74, 6) is -0.480. The van der Waals surface area contributed by atoms with Gasteiger partial charge in [-0.25, -0.2) is 4.98 Å². The Bertz CT molecular complexity index is 1590. The third-order valence-electron chi connectivity index (χ3n) is 6.50. The van der Waals surface area contributed by atoms with Crippen LogP contribution in [0.25, 0.3) is 16.0 Å². The number of ketones is 1. The van der Waals surface area contributed by atoms with Crippen LogP contribution in [0.1, 0.15) is 41.6 Å². The number of aliphatic hydroxyl groups is 1. The zero-order chi connectivity index (χ0) is 27.0. The summed E-state index contributed by atoms with van der Waals surface area (Å²) in [6.45, 7) is 6.39. The van der Waals surface area contributed by atoms with Gasteiger partial charge in [0.05, 0.1) is 35.5 Å². The van der Waals surface area contributed by atoms with E-state index in [4.69, 9.17) is 14.5 Å². The van der Waals surface area contributed by atoms with Gasteiger partial charge in [0.1, 0.15) is 17.3 Å². The van der Waals surface area contributed by atoms with Gasteiger partial charge in [0.2, 0.25) is 0 Å². The van der Waals surface area contributed by atoms with Gasteiger partial charge in [-0.15, -0.1) is 0 Å². The zero-order valence-corrected chi connectivity index (χ0v) is 22.5. The molecule has 0 bridgehead atoms. The molecule has 1 aliphatic heterocycles. The number of fused-ring (bicyclic) bond motifs is 1. The fourth-order valence-electron chi connectivity index (χ4n) is 4.64. The SMILES string of the molecule is CCCOc1cccc(C2C(=C(O)c3ccc(OC)c(C)c3)C(=O)C(=O)N2c2nc3ccc(C)cc3s2)c1. The Morgan fingerprint density at radius 2 is 1.89 bits per heavy atom. The topological polar surface area (TPSA) is 89.0 Å². The highest BCUT2D eigenvalue weighted by molar-refractivity contribution is 7.22. The van der Waals surface area contributed by atoms with Gasteiger partial charge in [-0.2, -0.15) is 0 Å². The number of carbonyl (C=O) groups is 2. The van der Waals surface area contributed by atoms with Gasteiger partial charge in [-0.05, 0) is 79.4 Å². The van der Waals surface area contributed by atoms with Crippen LogP contribution in [0.4, 0.5) is 5.13 Å². The van der Waals surface area contributed by atoms with Crippen molar-refractivity contribution in [2.24, 2.45) is 0 Å². The summed E-state index contributed by atoms with van der Waals surface area (Å²) < 4.78 is 12.1. The molecule has 1 fully saturated rings. The predicted octanol–water partition coefficient (Wildman–Crippen LogP) is 6.34. The molecule has 5 rings (SSSR count). The molecule has 0 aliphatic carbocycles. The fraction of sp³-hybridized carbons (Fsp3) is 0.233. The van der Waals surface area contributed by atoms with Crippen LogP contribution in [0.2, 0.25) is 0 Å². The van der Waals surface area contributed by atoms with E-state index in [-0.39, 0.29) is 11.3 Å². The van der Waals surface area contributed by atoms with Crippen molar-refractivity contribution in [1.29, 1.82) is 0 Å². The third-order valence-corrected chi connectivity index (χ3v) is 7.52. The molecule has 4 aromatic rings. The lowest BCUT2D eigenvalue weighted by molar-refractivity contribution is -0.132. The maximum absolute atomic E-state index is 13.6. The van der Waals surface area contributed by atoms with Crippen molar-refractivity contribution in [3.8, 4) is 11.5 Å². The van der Waals surface area contributed by atoms with Gasteiger partial charge in [-0.1, -0.05) is 36.5 Å². The molecule has 1 saturated heterocycles. The first-order valence-corrected chi connectivity index (χ1v) is 13.2. The number of hydrogen-bond acceptors (Lipinski definition) is 7. The summed E-state index contributed by atoms with van der Waals surface area (Å²) >= 11 is 1.34. The second-order valence-corrected chi connectivity index (χ2v) is 10.3. The molecule has 1 unspecified atom stereocenters. The van der Waals surface area contributed by atoms with Crippen LogP contribution in [-0.4, -0.2) is 35.5 Å². The maximum atomic E-state index is 13.6. The number of Topliss-reactive ketones (excluding diaryl/α,β-unsaturated/α-hetero) is 1. The van der Waals surface area contributed by atoms with Crippen LogP contribution in [0.3, 0.4) is 0 Å². The molecule has 2 heterocycles. The Hall–Kier alpha value is -4.17. The molecule has 38 heavy (non-hydrogen) atoms. The molecule has 1 aromatic heterocycles. The molecule has 0 spiro atoms. The molecule has 1 N–H and O–H groups in total. The van der Waals surface area contributed by atoms with Gasteiger partial charge in [0.25, 0.3) is 5.78 Å². The van der Waals surface area contributed by atoms with E-state index in [9.17, 15) is 14.7 Å². The fourth-order valence-corrected chi connectivity index (χ4v) is 5.73. The highest BCUT2D eigenvalue weighted by atomic mass is 32.1. The third kappa shape index (κ3) is 4.52. The summed E-state index contributed by atoms with van der Waals surface area (Å²) in [6.07, 6.45) is 0.838. The quantitative estimate of drug-likeness (QED) is 0.171. The number of nitrogens with zero attached hydrogens (tertiary/aromatic N) is 2. The normalized spacial score (nSPS) is 16.8. The number of aryl methyl sites for hydroxylation is 2. The van der Waals surface area contributed by atoms with Crippen molar-refractivity contribution >= 4 is 44.1 Å². The van der Waals surface area contributed by atoms with Crippen molar-refractivity contribution in [1.82, 2.24) is 4.98 Å². The largest absolute Gasteiger partial charge is 0.507 e. The highest BCUT2D eigenvalue weighted by Gasteiger charge is 2.48. The Kier molecular flexibility index (Phi) is 6.91. The Labute approximate surface area is 225 Å². The van der Waals surface area contributed by atoms with Crippen molar-refractivity contribution in [3.05, 3.63) is 88.5 Å². The lowest BCUT2D eigenvalue weighted by Gasteiger charge is -2.23. The maximum Gasteiger partial charge on any atom is 0.301 e. The van der Waals surface area contributed by atoms with Crippen LogP contribution >= 0.6 is 11.3 Å². The number of aromatic nitrogens is 1. The molecule has 0 radical (unpaired) electrons. The Balaban J connectivity index is 1.71. The van der Waals surface area contributed by atoms with Crippen molar-refractivity contribution in [2.45, 2.75) is 33.2 Å². The van der Waals surface area contributed by atoms with Crippen LogP contribution in [0.15, 0.2) is 66.2 Å². The zero-order valence-electron chi connectivity index (χ0n) is 21.6. The van der Waals surface area contributed by atoms with Gasteiger partial charge in [0.15, 0.2) is 5.13 Å². The number of carbonyl (C=O) groups excluding carboxylic acids is 2. The van der Waals surface area contributed by atoms with Gasteiger partial charge in [0, 0.05) is 5.56 Å². The average molecular weight is 529 g/mol. The molecule has 0 saturated carbocycles. The summed E-state index contributed by atoms with van der Waals surface area (Å²) in [7, 11) is 1.57. The number of amides is 1. The number of hydrogen-bond donors (Lipinski definition) is 1. The number of thiazole rings is 1. The minimum atomic E-state index is -0.885. The van der Waals surface area contributed by atoms with Gasteiger partial charge in [-0.3, -0.25) is 14.5 Å². The van der Waals surface area contributed by atoms with Crippen LogP contribution in [-0.2, 0) is 9.59 Å². The first-order chi connectivity index (χ1) is 18.3. The minimum Gasteiger partial charge on any atom is -0.507 e. The standard InChI is InChI=1S/C30H28N2O5S/c1-5-13-37-21-8-6-7-19(16-21)26-25(27(33)20-10-12-23(36-4)18(3)15-20)28(34)29(35)32(26)30-31-22-11-9-17(2)14-24(22)38-30/h6-12,14-16,26,33H,5,13H2,1-4H3. The lowest BCUT2D eigenvalue weighted by Crippen LogP contribution is -2.29. The number of ether oxygens (including phenoxy) is 2. The van der Waals surface area contributed by atoms with E-state index in [1.54, 1.807) is 25.3 Å². The smallest absolute Gasteiger partial charge is 0.301 e. The Morgan fingerprint density at radius 3 is 2.63 bits per heavy atom. The molecular formula is C30H28N2O5S.